The zero-order valence-corrected chi connectivity index (χ0v) is 24.7. The van der Waals surface area contributed by atoms with Crippen LogP contribution >= 0.6 is 15.9 Å². The summed E-state index contributed by atoms with van der Waals surface area (Å²) in [5.41, 5.74) is 0.201. The van der Waals surface area contributed by atoms with E-state index in [1.54, 1.807) is 12.4 Å². The summed E-state index contributed by atoms with van der Waals surface area (Å²) in [6.07, 6.45) is 6.27. The number of rotatable bonds is 11. The van der Waals surface area contributed by atoms with Crippen LogP contribution in [0.5, 0.6) is 11.5 Å². The standard InChI is InChI=1S/C15H23NO3.C13H18BrNO3/c1-5-12-8-9-13(11-16-12)18-10-6-7-14(17)19-15(2,3)4;1-13(2,3)18-12(16)5-4-8-17-10-6-7-11(14)15-9-10/h8-9,11H,5-7,10H2,1-4H3;6-7,9H,4-5,8H2,1-3H3. The van der Waals surface area contributed by atoms with Crippen molar-refractivity contribution in [3.8, 4) is 11.5 Å². The zero-order chi connectivity index (χ0) is 27.9. The first-order chi connectivity index (χ1) is 17.3. The van der Waals surface area contributed by atoms with E-state index in [9.17, 15) is 9.59 Å². The Morgan fingerprint density at radius 1 is 0.757 bits per heavy atom. The summed E-state index contributed by atoms with van der Waals surface area (Å²) in [7, 11) is 0. The summed E-state index contributed by atoms with van der Waals surface area (Å²) in [5.74, 6) is 1.05. The van der Waals surface area contributed by atoms with E-state index in [1.807, 2.05) is 65.8 Å². The van der Waals surface area contributed by atoms with Crippen LogP contribution in [0.25, 0.3) is 0 Å². The second-order valence-electron chi connectivity index (χ2n) is 10.2. The van der Waals surface area contributed by atoms with Crippen molar-refractivity contribution < 1.29 is 28.5 Å². The van der Waals surface area contributed by atoms with Crippen LogP contribution in [0.15, 0.2) is 41.3 Å². The molecule has 0 atom stereocenters. The maximum atomic E-state index is 11.5. The van der Waals surface area contributed by atoms with E-state index in [-0.39, 0.29) is 11.9 Å². The Morgan fingerprint density at radius 3 is 1.57 bits per heavy atom. The van der Waals surface area contributed by atoms with Gasteiger partial charge in [0, 0.05) is 18.5 Å². The number of carbonyl (C=O) groups is 2. The van der Waals surface area contributed by atoms with Crippen LogP contribution < -0.4 is 9.47 Å². The molecule has 0 amide bonds. The predicted molar refractivity (Wildman–Crippen MR) is 147 cm³/mol. The molecular formula is C28H41BrN2O6. The Balaban J connectivity index is 0.000000371. The van der Waals surface area contributed by atoms with Crippen LogP contribution in [0, 0.1) is 0 Å². The normalized spacial score (nSPS) is 11.1. The van der Waals surface area contributed by atoms with E-state index in [1.165, 1.54) is 0 Å². The first kappa shape index (κ1) is 32.3. The van der Waals surface area contributed by atoms with Crippen LogP contribution in [-0.4, -0.2) is 46.3 Å². The Kier molecular flexibility index (Phi) is 14.2. The Labute approximate surface area is 229 Å². The molecule has 0 N–H and O–H groups in total. The van der Waals surface area contributed by atoms with Crippen LogP contribution in [0.2, 0.25) is 0 Å². The van der Waals surface area contributed by atoms with Gasteiger partial charge in [0.15, 0.2) is 0 Å². The van der Waals surface area contributed by atoms with Gasteiger partial charge in [0.2, 0.25) is 0 Å². The van der Waals surface area contributed by atoms with Gasteiger partial charge in [-0.1, -0.05) is 6.92 Å². The molecule has 0 unspecified atom stereocenters. The summed E-state index contributed by atoms with van der Waals surface area (Å²) < 4.78 is 22.1. The number of carbonyl (C=O) groups excluding carboxylic acids is 2. The third-order valence-corrected chi connectivity index (χ3v) is 4.76. The molecule has 0 radical (unpaired) electrons. The lowest BCUT2D eigenvalue weighted by Gasteiger charge is -2.19. The summed E-state index contributed by atoms with van der Waals surface area (Å²) in [4.78, 5) is 31.2. The van der Waals surface area contributed by atoms with Crippen molar-refractivity contribution in [3.05, 3.63) is 47.0 Å². The fourth-order valence-electron chi connectivity index (χ4n) is 2.75. The maximum absolute atomic E-state index is 11.5. The monoisotopic (exact) mass is 580 g/mol. The summed E-state index contributed by atoms with van der Waals surface area (Å²) in [5, 5.41) is 0. The number of ether oxygens (including phenoxy) is 4. The third kappa shape index (κ3) is 17.4. The first-order valence-electron chi connectivity index (χ1n) is 12.5. The van der Waals surface area contributed by atoms with E-state index < -0.39 is 11.2 Å². The van der Waals surface area contributed by atoms with E-state index >= 15 is 0 Å². The van der Waals surface area contributed by atoms with Gasteiger partial charge in [-0.15, -0.1) is 0 Å². The van der Waals surface area contributed by atoms with Gasteiger partial charge in [-0.25, -0.2) is 4.98 Å². The summed E-state index contributed by atoms with van der Waals surface area (Å²) >= 11 is 3.25. The van der Waals surface area contributed by atoms with Crippen LogP contribution in [0.1, 0.15) is 79.8 Å². The molecule has 0 fully saturated rings. The number of nitrogens with zero attached hydrogens (tertiary/aromatic N) is 2. The third-order valence-electron chi connectivity index (χ3n) is 4.29. The minimum absolute atomic E-state index is 0.185. The maximum Gasteiger partial charge on any atom is 0.306 e. The van der Waals surface area contributed by atoms with E-state index in [0.717, 1.165) is 22.5 Å². The Bertz CT molecular complexity index is 935. The van der Waals surface area contributed by atoms with Gasteiger partial charge in [-0.2, -0.15) is 0 Å². The molecular weight excluding hydrogens is 540 g/mol. The molecule has 2 rings (SSSR count). The highest BCUT2D eigenvalue weighted by Crippen LogP contribution is 2.14. The molecule has 0 saturated heterocycles. The molecule has 2 heterocycles. The molecule has 0 saturated carbocycles. The summed E-state index contributed by atoms with van der Waals surface area (Å²) in [6.45, 7) is 14.2. The zero-order valence-electron chi connectivity index (χ0n) is 23.1. The highest BCUT2D eigenvalue weighted by molar-refractivity contribution is 9.10. The molecule has 0 spiro atoms. The van der Waals surface area contributed by atoms with Crippen LogP contribution in [0.4, 0.5) is 0 Å². The van der Waals surface area contributed by atoms with Gasteiger partial charge >= 0.3 is 11.9 Å². The SMILES string of the molecule is CC(C)(C)OC(=O)CCCOc1ccc(Br)nc1.CCc1ccc(OCCCC(=O)OC(C)(C)C)cn1. The first-order valence-corrected chi connectivity index (χ1v) is 13.3. The predicted octanol–water partition coefficient (Wildman–Crippen LogP) is 6.49. The second-order valence-corrected chi connectivity index (χ2v) is 11.0. The molecule has 0 aliphatic rings. The number of aromatic nitrogens is 2. The minimum atomic E-state index is -0.423. The molecule has 0 aliphatic carbocycles. The van der Waals surface area contributed by atoms with Gasteiger partial charge in [0.05, 0.1) is 25.6 Å². The topological polar surface area (TPSA) is 96.8 Å². The number of pyridine rings is 2. The second kappa shape index (κ2) is 16.2. The van der Waals surface area contributed by atoms with Crippen molar-refractivity contribution in [1.82, 2.24) is 9.97 Å². The summed E-state index contributed by atoms with van der Waals surface area (Å²) in [6, 6.07) is 7.48. The number of hydrogen-bond acceptors (Lipinski definition) is 8. The molecule has 0 bridgehead atoms. The molecule has 0 aliphatic heterocycles. The molecule has 8 nitrogen and oxygen atoms in total. The van der Waals surface area contributed by atoms with Crippen molar-refractivity contribution in [2.45, 2.75) is 91.8 Å². The van der Waals surface area contributed by atoms with Crippen molar-refractivity contribution >= 4 is 27.9 Å². The number of hydrogen-bond donors (Lipinski definition) is 0. The minimum Gasteiger partial charge on any atom is -0.492 e. The molecule has 2 aromatic heterocycles. The Morgan fingerprint density at radius 2 is 1.22 bits per heavy atom. The van der Waals surface area contributed by atoms with Crippen LogP contribution in [0.3, 0.4) is 0 Å². The molecule has 0 aromatic carbocycles. The average Bonchev–Trinajstić information content (AvgIpc) is 2.79. The van der Waals surface area contributed by atoms with Crippen molar-refractivity contribution in [1.29, 1.82) is 0 Å². The average molecular weight is 582 g/mol. The van der Waals surface area contributed by atoms with E-state index in [4.69, 9.17) is 18.9 Å². The van der Waals surface area contributed by atoms with E-state index in [2.05, 4.69) is 32.8 Å². The molecule has 37 heavy (non-hydrogen) atoms. The highest BCUT2D eigenvalue weighted by Gasteiger charge is 2.16. The van der Waals surface area contributed by atoms with Gasteiger partial charge in [-0.3, -0.25) is 14.6 Å². The smallest absolute Gasteiger partial charge is 0.306 e. The van der Waals surface area contributed by atoms with Gasteiger partial charge < -0.3 is 18.9 Å². The Hall–Kier alpha value is -2.68. The number of halogens is 1. The molecule has 9 heteroatoms. The number of aryl methyl sites for hydroxylation is 1. The van der Waals surface area contributed by atoms with Crippen LogP contribution in [-0.2, 0) is 25.5 Å². The van der Waals surface area contributed by atoms with Gasteiger partial charge in [0.25, 0.3) is 0 Å². The lowest BCUT2D eigenvalue weighted by molar-refractivity contribution is -0.156. The fraction of sp³-hybridized carbons (Fsp3) is 0.571. The number of esters is 2. The van der Waals surface area contributed by atoms with Crippen molar-refractivity contribution in [3.63, 3.8) is 0 Å². The fourth-order valence-corrected chi connectivity index (χ4v) is 2.99. The van der Waals surface area contributed by atoms with E-state index in [0.29, 0.717) is 44.6 Å². The highest BCUT2D eigenvalue weighted by atomic mass is 79.9. The van der Waals surface area contributed by atoms with Gasteiger partial charge in [-0.05, 0) is 101 Å². The lowest BCUT2D eigenvalue weighted by Crippen LogP contribution is -2.24. The lowest BCUT2D eigenvalue weighted by atomic mass is 10.2. The van der Waals surface area contributed by atoms with Crippen molar-refractivity contribution in [2.75, 3.05) is 13.2 Å². The van der Waals surface area contributed by atoms with Gasteiger partial charge in [0.1, 0.15) is 27.3 Å². The van der Waals surface area contributed by atoms with Crippen molar-refractivity contribution in [2.24, 2.45) is 0 Å². The quantitative estimate of drug-likeness (QED) is 0.169. The molecule has 2 aromatic rings. The largest absolute Gasteiger partial charge is 0.492 e. The molecule has 206 valence electrons.